The molecule has 0 aliphatic carbocycles. The van der Waals surface area contributed by atoms with Gasteiger partial charge in [0.25, 0.3) is 5.56 Å². The van der Waals surface area contributed by atoms with Crippen molar-refractivity contribution in [1.82, 2.24) is 9.55 Å². The summed E-state index contributed by atoms with van der Waals surface area (Å²) in [6.07, 6.45) is 0. The lowest BCUT2D eigenvalue weighted by Gasteiger charge is -2.16. The highest BCUT2D eigenvalue weighted by Crippen LogP contribution is 2.46. The van der Waals surface area contributed by atoms with Gasteiger partial charge < -0.3 is 4.90 Å². The van der Waals surface area contributed by atoms with Gasteiger partial charge in [-0.15, -0.1) is 0 Å². The molecule has 0 amide bonds. The number of aromatic nitrogens is 2. The van der Waals surface area contributed by atoms with Crippen molar-refractivity contribution in [2.24, 2.45) is 0 Å². The van der Waals surface area contributed by atoms with E-state index in [1.54, 1.807) is 16.7 Å². The number of rotatable bonds is 5. The zero-order valence-electron chi connectivity index (χ0n) is 17.3. The third kappa shape index (κ3) is 3.87. The van der Waals surface area contributed by atoms with E-state index in [2.05, 4.69) is 11.1 Å². The summed E-state index contributed by atoms with van der Waals surface area (Å²) in [6.45, 7) is 3.82. The minimum absolute atomic E-state index is 0.0225. The molecule has 6 nitrogen and oxygen atoms in total. The minimum atomic E-state index is -0.285. The van der Waals surface area contributed by atoms with Crippen molar-refractivity contribution in [3.63, 3.8) is 0 Å². The number of Topliss-reactive ketones (excluding diaryl/α,β-unsaturated/α-hetero) is 1. The van der Waals surface area contributed by atoms with Gasteiger partial charge in [0.2, 0.25) is 0 Å². The number of fused-ring (bicyclic) bond motifs is 2. The maximum Gasteiger partial charge on any atom is 0.262 e. The second-order valence-electron chi connectivity index (χ2n) is 7.31. The molecule has 2 aromatic carbocycles. The van der Waals surface area contributed by atoms with Crippen LogP contribution in [0.2, 0.25) is 0 Å². The van der Waals surface area contributed by atoms with Crippen molar-refractivity contribution in [3.8, 4) is 6.07 Å². The summed E-state index contributed by atoms with van der Waals surface area (Å²) in [4.78, 5) is 33.5. The molecule has 1 aromatic heterocycles. The van der Waals surface area contributed by atoms with Crippen LogP contribution >= 0.6 is 23.5 Å². The molecule has 0 bridgehead atoms. The van der Waals surface area contributed by atoms with Crippen molar-refractivity contribution in [1.29, 1.82) is 5.26 Å². The first kappa shape index (κ1) is 21.2. The molecule has 8 heteroatoms. The highest BCUT2D eigenvalue weighted by molar-refractivity contribution is 8.03. The van der Waals surface area contributed by atoms with Gasteiger partial charge in [-0.1, -0.05) is 47.8 Å². The van der Waals surface area contributed by atoms with Crippen molar-refractivity contribution in [2.75, 3.05) is 17.7 Å². The fraction of sp³-hybridized carbons (Fsp3) is 0.217. The Morgan fingerprint density at radius 3 is 2.61 bits per heavy atom. The van der Waals surface area contributed by atoms with Gasteiger partial charge in [0, 0.05) is 18.0 Å². The highest BCUT2D eigenvalue weighted by atomic mass is 32.2. The van der Waals surface area contributed by atoms with Crippen LogP contribution in [0.3, 0.4) is 0 Å². The monoisotopic (exact) mass is 448 g/mol. The van der Waals surface area contributed by atoms with Crippen LogP contribution in [0.5, 0.6) is 0 Å². The lowest BCUT2D eigenvalue weighted by atomic mass is 10.2. The van der Waals surface area contributed by atoms with Crippen LogP contribution in [0.4, 0.5) is 5.69 Å². The van der Waals surface area contributed by atoms with E-state index >= 15 is 0 Å². The largest absolute Gasteiger partial charge is 0.337 e. The Morgan fingerprint density at radius 1 is 1.19 bits per heavy atom. The Labute approximate surface area is 188 Å². The standard InChI is InChI=1S/C23H20N4O2S2/c1-14(2)27-21(29)15-8-4-5-9-17(15)25-23(27)30-13-19(28)16(12-24)22-26(3)18-10-6-7-11-20(18)31-22/h4-11,14H,13H2,1-3H3/b22-16-. The maximum absolute atomic E-state index is 13.0. The molecule has 0 radical (unpaired) electrons. The van der Waals surface area contributed by atoms with Crippen LogP contribution in [-0.2, 0) is 4.79 Å². The topological polar surface area (TPSA) is 79.0 Å². The fourth-order valence-electron chi connectivity index (χ4n) is 3.44. The number of hydrogen-bond acceptors (Lipinski definition) is 7. The van der Waals surface area contributed by atoms with Crippen LogP contribution in [-0.4, -0.2) is 28.1 Å². The Bertz CT molecular complexity index is 1320. The summed E-state index contributed by atoms with van der Waals surface area (Å²) in [7, 11) is 1.85. The SMILES string of the molecule is CC(C)n1c(SCC(=O)/C(C#N)=C2\Sc3ccccc3N2C)nc2ccccc2c1=O. The summed E-state index contributed by atoms with van der Waals surface area (Å²) >= 11 is 2.61. The predicted octanol–water partition coefficient (Wildman–Crippen LogP) is 4.62. The Kier molecular flexibility index (Phi) is 5.90. The molecule has 0 unspecified atom stereocenters. The van der Waals surface area contributed by atoms with E-state index in [1.165, 1.54) is 23.5 Å². The second kappa shape index (κ2) is 8.61. The van der Waals surface area contributed by atoms with Crippen molar-refractivity contribution >= 4 is 45.9 Å². The van der Waals surface area contributed by atoms with E-state index in [0.29, 0.717) is 21.1 Å². The van der Waals surface area contributed by atoms with Gasteiger partial charge in [-0.3, -0.25) is 14.2 Å². The highest BCUT2D eigenvalue weighted by Gasteiger charge is 2.28. The van der Waals surface area contributed by atoms with Crippen LogP contribution in [0, 0.1) is 11.3 Å². The van der Waals surface area contributed by atoms with Crippen LogP contribution in [0.1, 0.15) is 19.9 Å². The number of hydrogen-bond donors (Lipinski definition) is 0. The van der Waals surface area contributed by atoms with Gasteiger partial charge in [-0.25, -0.2) is 4.98 Å². The molecule has 31 heavy (non-hydrogen) atoms. The minimum Gasteiger partial charge on any atom is -0.337 e. The number of para-hydroxylation sites is 2. The summed E-state index contributed by atoms with van der Waals surface area (Å²) < 4.78 is 1.60. The van der Waals surface area contributed by atoms with Gasteiger partial charge in [0.05, 0.1) is 22.3 Å². The van der Waals surface area contributed by atoms with Gasteiger partial charge in [0.1, 0.15) is 16.7 Å². The summed E-state index contributed by atoms with van der Waals surface area (Å²) in [5, 5.41) is 11.4. The Morgan fingerprint density at radius 2 is 1.90 bits per heavy atom. The molecule has 0 spiro atoms. The van der Waals surface area contributed by atoms with Crippen molar-refractivity contribution in [2.45, 2.75) is 29.9 Å². The first-order valence-corrected chi connectivity index (χ1v) is 11.5. The van der Waals surface area contributed by atoms with Gasteiger partial charge in [0.15, 0.2) is 10.9 Å². The van der Waals surface area contributed by atoms with Gasteiger partial charge >= 0.3 is 0 Å². The van der Waals surface area contributed by atoms with Crippen molar-refractivity contribution < 1.29 is 4.79 Å². The number of carbonyl (C=O) groups is 1. The Balaban J connectivity index is 1.65. The molecule has 2 heterocycles. The fourth-order valence-corrected chi connectivity index (χ4v) is 5.60. The van der Waals surface area contributed by atoms with E-state index in [0.717, 1.165) is 10.6 Å². The lowest BCUT2D eigenvalue weighted by molar-refractivity contribution is -0.112. The molecule has 0 N–H and O–H groups in total. The number of carbonyl (C=O) groups excluding carboxylic acids is 1. The predicted molar refractivity (Wildman–Crippen MR) is 125 cm³/mol. The van der Waals surface area contributed by atoms with E-state index in [9.17, 15) is 14.9 Å². The molecule has 4 rings (SSSR count). The molecule has 0 fully saturated rings. The van der Waals surface area contributed by atoms with Gasteiger partial charge in [-0.05, 0) is 38.1 Å². The van der Waals surface area contributed by atoms with Crippen molar-refractivity contribution in [3.05, 3.63) is 69.5 Å². The molecule has 3 aromatic rings. The van der Waals surface area contributed by atoms with Crippen LogP contribution in [0.25, 0.3) is 10.9 Å². The van der Waals surface area contributed by atoms with Crippen LogP contribution in [0.15, 0.2) is 74.0 Å². The smallest absolute Gasteiger partial charge is 0.262 e. The average Bonchev–Trinajstić information content (AvgIpc) is 3.09. The zero-order valence-corrected chi connectivity index (χ0v) is 19.0. The van der Waals surface area contributed by atoms with Crippen LogP contribution < -0.4 is 10.5 Å². The number of allylic oxidation sites excluding steroid dienone is 1. The molecule has 156 valence electrons. The molecule has 0 saturated carbocycles. The number of anilines is 1. The number of nitriles is 1. The first-order valence-electron chi connectivity index (χ1n) is 9.74. The lowest BCUT2D eigenvalue weighted by Crippen LogP contribution is -2.25. The molecular weight excluding hydrogens is 428 g/mol. The molecule has 1 aliphatic heterocycles. The maximum atomic E-state index is 13.0. The summed E-state index contributed by atoms with van der Waals surface area (Å²) in [5.74, 6) is -0.262. The molecule has 1 aliphatic rings. The number of ketones is 1. The average molecular weight is 449 g/mol. The third-order valence-electron chi connectivity index (χ3n) is 4.97. The number of benzene rings is 2. The Hall–Kier alpha value is -3.02. The molecular formula is C23H20N4O2S2. The zero-order chi connectivity index (χ0) is 22.1. The summed E-state index contributed by atoms with van der Waals surface area (Å²) in [5.41, 5.74) is 1.56. The number of thioether (sulfide) groups is 2. The quantitative estimate of drug-likeness (QED) is 0.244. The van der Waals surface area contributed by atoms with Gasteiger partial charge in [-0.2, -0.15) is 5.26 Å². The van der Waals surface area contributed by atoms with E-state index in [4.69, 9.17) is 0 Å². The van der Waals surface area contributed by atoms with E-state index < -0.39 is 0 Å². The van der Waals surface area contributed by atoms with E-state index in [-0.39, 0.29) is 28.7 Å². The number of nitrogens with zero attached hydrogens (tertiary/aromatic N) is 4. The molecule has 0 saturated heterocycles. The normalized spacial score (nSPS) is 14.6. The second-order valence-corrected chi connectivity index (χ2v) is 9.29. The molecule has 0 atom stereocenters. The summed E-state index contributed by atoms with van der Waals surface area (Å²) in [6, 6.07) is 17.0. The first-order chi connectivity index (χ1) is 14.9. The third-order valence-corrected chi connectivity index (χ3v) is 7.16. The van der Waals surface area contributed by atoms with E-state index in [1.807, 2.05) is 62.2 Å².